The largest absolute Gasteiger partial charge is 0.416 e. The Bertz CT molecular complexity index is 1020. The number of nitrogens with one attached hydrogen (secondary N) is 1. The molecule has 0 unspecified atom stereocenters. The van der Waals surface area contributed by atoms with Gasteiger partial charge in [0.1, 0.15) is 6.33 Å². The Labute approximate surface area is 202 Å². The molecule has 188 valence electrons. The average molecular weight is 492 g/mol. The van der Waals surface area contributed by atoms with Crippen molar-refractivity contribution in [3.05, 3.63) is 47.5 Å². The summed E-state index contributed by atoms with van der Waals surface area (Å²) in [5.41, 5.74) is -0.137. The standard InChI is InChI=1S/C25H29F4N5O/c26-22-23(31-14-18-5-3-17(4-6-18)2-1-11-30)32-16-33-24(22)34-12-13-35-15-21(34)19-7-9-20(10-8-19)25(27,28)29/h7-10,16-18,21H,1-6,12-15H2,(H,31,32,33)/t17?,18?,21-/m1/s1. The average Bonchev–Trinajstić information content (AvgIpc) is 2.87. The van der Waals surface area contributed by atoms with Gasteiger partial charge < -0.3 is 15.0 Å². The number of ether oxygens (including phenoxy) is 1. The molecular weight excluding hydrogens is 462 g/mol. The third-order valence-electron chi connectivity index (χ3n) is 6.98. The summed E-state index contributed by atoms with van der Waals surface area (Å²) in [6.45, 7) is 1.53. The fourth-order valence-corrected chi connectivity index (χ4v) is 4.95. The Kier molecular flexibility index (Phi) is 8.06. The molecule has 2 aromatic rings. The zero-order chi connectivity index (χ0) is 24.8. The van der Waals surface area contributed by atoms with Crippen molar-refractivity contribution >= 4 is 11.6 Å². The van der Waals surface area contributed by atoms with E-state index in [2.05, 4.69) is 21.4 Å². The second kappa shape index (κ2) is 11.2. The molecule has 1 atom stereocenters. The summed E-state index contributed by atoms with van der Waals surface area (Å²) in [5.74, 6) is 0.662. The summed E-state index contributed by atoms with van der Waals surface area (Å²) in [6, 6.07) is 6.61. The summed E-state index contributed by atoms with van der Waals surface area (Å²) in [5, 5.41) is 11.9. The lowest BCUT2D eigenvalue weighted by Crippen LogP contribution is -2.40. The van der Waals surface area contributed by atoms with Gasteiger partial charge in [-0.1, -0.05) is 25.0 Å². The number of halogens is 4. The van der Waals surface area contributed by atoms with E-state index in [-0.39, 0.29) is 18.2 Å². The van der Waals surface area contributed by atoms with E-state index >= 15 is 4.39 Å². The van der Waals surface area contributed by atoms with Crippen molar-refractivity contribution in [1.82, 2.24) is 9.97 Å². The van der Waals surface area contributed by atoms with E-state index in [1.54, 1.807) is 4.90 Å². The second-order valence-electron chi connectivity index (χ2n) is 9.23. The van der Waals surface area contributed by atoms with Crippen LogP contribution in [-0.4, -0.2) is 36.3 Å². The summed E-state index contributed by atoms with van der Waals surface area (Å²) in [4.78, 5) is 9.99. The fraction of sp³-hybridized carbons (Fsp3) is 0.560. The van der Waals surface area contributed by atoms with Gasteiger partial charge in [0.05, 0.1) is 30.9 Å². The van der Waals surface area contributed by atoms with Gasteiger partial charge in [-0.15, -0.1) is 0 Å². The third kappa shape index (κ3) is 6.20. The summed E-state index contributed by atoms with van der Waals surface area (Å²) in [6.07, 6.45) is 2.64. The Morgan fingerprint density at radius 2 is 1.80 bits per heavy atom. The molecule has 0 bridgehead atoms. The number of anilines is 2. The van der Waals surface area contributed by atoms with Crippen LogP contribution in [0.3, 0.4) is 0 Å². The Balaban J connectivity index is 1.43. The van der Waals surface area contributed by atoms with Crippen LogP contribution in [0.15, 0.2) is 30.6 Å². The van der Waals surface area contributed by atoms with Gasteiger partial charge in [-0.05, 0) is 48.8 Å². The first-order valence-corrected chi connectivity index (χ1v) is 12.0. The smallest absolute Gasteiger partial charge is 0.377 e. The van der Waals surface area contributed by atoms with Crippen LogP contribution in [0, 0.1) is 29.0 Å². The van der Waals surface area contributed by atoms with Crippen molar-refractivity contribution in [2.24, 2.45) is 11.8 Å². The van der Waals surface area contributed by atoms with Crippen molar-refractivity contribution in [1.29, 1.82) is 5.26 Å². The van der Waals surface area contributed by atoms with Crippen molar-refractivity contribution < 1.29 is 22.3 Å². The fourth-order valence-electron chi connectivity index (χ4n) is 4.95. The van der Waals surface area contributed by atoms with Crippen LogP contribution in [0.1, 0.15) is 55.7 Å². The van der Waals surface area contributed by atoms with E-state index in [0.29, 0.717) is 43.5 Å². The van der Waals surface area contributed by atoms with Crippen molar-refractivity contribution in [2.75, 3.05) is 36.5 Å². The van der Waals surface area contributed by atoms with Gasteiger partial charge in [0.2, 0.25) is 5.82 Å². The highest BCUT2D eigenvalue weighted by Gasteiger charge is 2.32. The molecule has 1 saturated heterocycles. The third-order valence-corrected chi connectivity index (χ3v) is 6.98. The first-order chi connectivity index (χ1) is 16.9. The van der Waals surface area contributed by atoms with E-state index < -0.39 is 23.6 Å². The molecule has 1 aromatic heterocycles. The van der Waals surface area contributed by atoms with Crippen LogP contribution in [0.4, 0.5) is 29.2 Å². The molecule has 2 aliphatic rings. The molecule has 0 amide bonds. The van der Waals surface area contributed by atoms with Gasteiger partial charge in [0, 0.05) is 19.5 Å². The molecule has 10 heteroatoms. The van der Waals surface area contributed by atoms with Crippen molar-refractivity contribution in [2.45, 2.75) is 50.7 Å². The number of hydrogen-bond acceptors (Lipinski definition) is 6. The molecule has 6 nitrogen and oxygen atoms in total. The van der Waals surface area contributed by atoms with Gasteiger partial charge in [-0.3, -0.25) is 0 Å². The van der Waals surface area contributed by atoms with Crippen LogP contribution >= 0.6 is 0 Å². The highest BCUT2D eigenvalue weighted by Crippen LogP contribution is 2.35. The number of hydrogen-bond donors (Lipinski definition) is 1. The number of morpholine rings is 1. The molecule has 4 rings (SSSR count). The highest BCUT2D eigenvalue weighted by atomic mass is 19.4. The highest BCUT2D eigenvalue weighted by molar-refractivity contribution is 5.53. The van der Waals surface area contributed by atoms with Crippen LogP contribution in [-0.2, 0) is 10.9 Å². The molecular formula is C25H29F4N5O. The van der Waals surface area contributed by atoms with Gasteiger partial charge in [-0.2, -0.15) is 22.8 Å². The van der Waals surface area contributed by atoms with E-state index in [9.17, 15) is 13.2 Å². The molecule has 0 radical (unpaired) electrons. The first kappa shape index (κ1) is 25.2. The quantitative estimate of drug-likeness (QED) is 0.499. The zero-order valence-electron chi connectivity index (χ0n) is 19.4. The summed E-state index contributed by atoms with van der Waals surface area (Å²) < 4.78 is 59.9. The molecule has 2 heterocycles. The predicted molar refractivity (Wildman–Crippen MR) is 123 cm³/mol. The minimum absolute atomic E-state index is 0.107. The normalized spacial score (nSPS) is 23.1. The molecule has 2 fully saturated rings. The second-order valence-corrected chi connectivity index (χ2v) is 9.23. The Morgan fingerprint density at radius 3 is 2.49 bits per heavy atom. The maximum Gasteiger partial charge on any atom is 0.416 e. The summed E-state index contributed by atoms with van der Waals surface area (Å²) in [7, 11) is 0. The van der Waals surface area contributed by atoms with Crippen molar-refractivity contribution in [3.8, 4) is 6.07 Å². The number of aromatic nitrogens is 2. The number of benzene rings is 1. The van der Waals surface area contributed by atoms with E-state index in [1.807, 2.05) is 0 Å². The monoisotopic (exact) mass is 491 g/mol. The Hall–Kier alpha value is -2.93. The SMILES string of the molecule is N#CCCC1CCC(CNc2ncnc(N3CCOC[C@@H]3c3ccc(C(F)(F)F)cc3)c2F)CC1. The van der Waals surface area contributed by atoms with E-state index in [0.717, 1.165) is 44.2 Å². The number of nitriles is 1. The topological polar surface area (TPSA) is 74.1 Å². The molecule has 1 aliphatic heterocycles. The molecule has 0 spiro atoms. The van der Waals surface area contributed by atoms with Crippen LogP contribution in [0.5, 0.6) is 0 Å². The molecule has 35 heavy (non-hydrogen) atoms. The lowest BCUT2D eigenvalue weighted by atomic mass is 9.80. The number of rotatable bonds is 7. The minimum Gasteiger partial charge on any atom is -0.377 e. The maximum absolute atomic E-state index is 15.5. The lowest BCUT2D eigenvalue weighted by Gasteiger charge is -2.37. The van der Waals surface area contributed by atoms with Crippen LogP contribution in [0.25, 0.3) is 0 Å². The van der Waals surface area contributed by atoms with Gasteiger partial charge in [0.25, 0.3) is 0 Å². The van der Waals surface area contributed by atoms with Crippen molar-refractivity contribution in [3.63, 3.8) is 0 Å². The molecule has 1 aromatic carbocycles. The predicted octanol–water partition coefficient (Wildman–Crippen LogP) is 5.73. The van der Waals surface area contributed by atoms with Gasteiger partial charge in [0.15, 0.2) is 11.6 Å². The van der Waals surface area contributed by atoms with Gasteiger partial charge >= 0.3 is 6.18 Å². The van der Waals surface area contributed by atoms with E-state index in [1.165, 1.54) is 18.5 Å². The zero-order valence-corrected chi connectivity index (χ0v) is 19.4. The first-order valence-electron chi connectivity index (χ1n) is 12.0. The van der Waals surface area contributed by atoms with E-state index in [4.69, 9.17) is 10.00 Å². The molecule has 1 saturated carbocycles. The van der Waals surface area contributed by atoms with Gasteiger partial charge in [-0.25, -0.2) is 9.97 Å². The molecule has 1 aliphatic carbocycles. The molecule has 1 N–H and O–H groups in total. The Morgan fingerprint density at radius 1 is 1.09 bits per heavy atom. The minimum atomic E-state index is -4.42. The number of nitrogens with zero attached hydrogens (tertiary/aromatic N) is 4. The summed E-state index contributed by atoms with van der Waals surface area (Å²) >= 11 is 0. The lowest BCUT2D eigenvalue weighted by molar-refractivity contribution is -0.137. The number of alkyl halides is 3. The van der Waals surface area contributed by atoms with Crippen LogP contribution in [0.2, 0.25) is 0 Å². The van der Waals surface area contributed by atoms with Crippen LogP contribution < -0.4 is 10.2 Å². The maximum atomic E-state index is 15.5.